The summed E-state index contributed by atoms with van der Waals surface area (Å²) in [5.74, 6) is -0.177. The van der Waals surface area contributed by atoms with Crippen LogP contribution in [0.15, 0.2) is 64.5 Å². The van der Waals surface area contributed by atoms with E-state index in [1.54, 1.807) is 11.3 Å². The lowest BCUT2D eigenvalue weighted by molar-refractivity contribution is -0.129. The van der Waals surface area contributed by atoms with Gasteiger partial charge in [0.15, 0.2) is 5.76 Å². The Kier molecular flexibility index (Phi) is 3.83. The van der Waals surface area contributed by atoms with Crippen molar-refractivity contribution in [3.05, 3.63) is 76.1 Å². The number of halogens is 1. The van der Waals surface area contributed by atoms with Crippen molar-refractivity contribution in [3.8, 4) is 10.6 Å². The molecule has 4 nitrogen and oxygen atoms in total. The topological polar surface area (TPSA) is 44.5 Å². The quantitative estimate of drug-likeness (QED) is 0.471. The maximum atomic E-state index is 6.09. The molecule has 0 N–H and O–H groups in total. The fraction of sp³-hybridized carbons (Fsp3) is 0.150. The van der Waals surface area contributed by atoms with E-state index in [9.17, 15) is 0 Å². The molecule has 3 heterocycles. The van der Waals surface area contributed by atoms with Gasteiger partial charge < -0.3 is 14.0 Å². The molecule has 0 bridgehead atoms. The predicted molar refractivity (Wildman–Crippen MR) is 101 cm³/mol. The van der Waals surface area contributed by atoms with Gasteiger partial charge in [0.25, 0.3) is 0 Å². The van der Waals surface area contributed by atoms with E-state index in [0.29, 0.717) is 18.2 Å². The van der Waals surface area contributed by atoms with Crippen molar-refractivity contribution in [3.63, 3.8) is 0 Å². The lowest BCUT2D eigenvalue weighted by Gasteiger charge is -2.28. The van der Waals surface area contributed by atoms with E-state index in [1.165, 1.54) is 0 Å². The van der Waals surface area contributed by atoms with Crippen LogP contribution in [-0.2, 0) is 15.3 Å². The Morgan fingerprint density at radius 3 is 2.46 bits per heavy atom. The zero-order valence-corrected chi connectivity index (χ0v) is 15.2. The van der Waals surface area contributed by atoms with Gasteiger partial charge in [-0.05, 0) is 35.7 Å². The number of hydrogen-bond donors (Lipinski definition) is 0. The highest BCUT2D eigenvalue weighted by Crippen LogP contribution is 2.41. The Bertz CT molecular complexity index is 1050. The third kappa shape index (κ3) is 2.47. The van der Waals surface area contributed by atoms with Crippen molar-refractivity contribution in [1.29, 1.82) is 0 Å². The van der Waals surface area contributed by atoms with Crippen LogP contribution < -0.4 is 0 Å². The first-order valence-corrected chi connectivity index (χ1v) is 9.50. The molecule has 0 amide bonds. The van der Waals surface area contributed by atoms with E-state index in [1.807, 2.05) is 60.0 Å². The van der Waals surface area contributed by atoms with E-state index >= 15 is 0 Å². The monoisotopic (exact) mass is 383 g/mol. The molecule has 130 valence electrons. The number of benzene rings is 2. The molecule has 0 saturated carbocycles. The van der Waals surface area contributed by atoms with E-state index in [4.69, 9.17) is 25.6 Å². The Labute approximate surface area is 158 Å². The zero-order valence-electron chi connectivity index (χ0n) is 13.6. The molecular weight excluding hydrogens is 370 g/mol. The zero-order chi connectivity index (χ0) is 17.6. The SMILES string of the molecule is Clc1ccc(C2(c3ccc4noc(-c5cccs5)c4c3)OCCO2)cc1. The molecule has 4 aromatic rings. The third-order valence-corrected chi connectivity index (χ3v) is 5.64. The molecule has 0 aliphatic carbocycles. The van der Waals surface area contributed by atoms with Gasteiger partial charge in [0.1, 0.15) is 5.52 Å². The van der Waals surface area contributed by atoms with Gasteiger partial charge in [-0.2, -0.15) is 0 Å². The average Bonchev–Trinajstić information content (AvgIpc) is 3.41. The molecule has 2 aromatic heterocycles. The first kappa shape index (κ1) is 16.0. The summed E-state index contributed by atoms with van der Waals surface area (Å²) in [5.41, 5.74) is 2.63. The number of nitrogens with zero attached hydrogens (tertiary/aromatic N) is 1. The minimum atomic E-state index is -0.942. The minimum Gasteiger partial charge on any atom is -0.354 e. The van der Waals surface area contributed by atoms with Crippen LogP contribution in [0.4, 0.5) is 0 Å². The molecule has 0 radical (unpaired) electrons. The third-order valence-electron chi connectivity index (χ3n) is 4.52. The van der Waals surface area contributed by atoms with E-state index in [2.05, 4.69) is 5.16 Å². The Hall–Kier alpha value is -2.18. The summed E-state index contributed by atoms with van der Waals surface area (Å²) in [6, 6.07) is 17.5. The predicted octanol–water partition coefficient (Wildman–Crippen LogP) is 5.46. The number of hydrogen-bond acceptors (Lipinski definition) is 5. The summed E-state index contributed by atoms with van der Waals surface area (Å²) in [6.45, 7) is 1.06. The second-order valence-electron chi connectivity index (χ2n) is 6.04. The number of ether oxygens (including phenoxy) is 2. The normalized spacial score (nSPS) is 16.3. The van der Waals surface area contributed by atoms with Gasteiger partial charge >= 0.3 is 0 Å². The van der Waals surface area contributed by atoms with Crippen molar-refractivity contribution in [1.82, 2.24) is 5.16 Å². The molecule has 0 unspecified atom stereocenters. The minimum absolute atomic E-state index is 0.530. The number of rotatable bonds is 3. The first-order valence-electron chi connectivity index (χ1n) is 8.24. The number of thiophene rings is 1. The van der Waals surface area contributed by atoms with Gasteiger partial charge in [-0.25, -0.2) is 0 Å². The fourth-order valence-corrected chi connectivity index (χ4v) is 4.15. The lowest BCUT2D eigenvalue weighted by atomic mass is 9.95. The maximum absolute atomic E-state index is 6.09. The van der Waals surface area contributed by atoms with Gasteiger partial charge in [0, 0.05) is 16.1 Å². The second-order valence-corrected chi connectivity index (χ2v) is 7.43. The largest absolute Gasteiger partial charge is 0.354 e. The van der Waals surface area contributed by atoms with Crippen molar-refractivity contribution in [2.24, 2.45) is 0 Å². The van der Waals surface area contributed by atoms with Crippen LogP contribution in [0.25, 0.3) is 21.5 Å². The molecule has 2 aromatic carbocycles. The summed E-state index contributed by atoms with van der Waals surface area (Å²) in [5, 5.41) is 7.82. The second kappa shape index (κ2) is 6.21. The van der Waals surface area contributed by atoms with Crippen LogP contribution in [0.3, 0.4) is 0 Å². The van der Waals surface area contributed by atoms with Crippen LogP contribution in [0.5, 0.6) is 0 Å². The molecule has 6 heteroatoms. The van der Waals surface area contributed by atoms with E-state index < -0.39 is 5.79 Å². The summed E-state index contributed by atoms with van der Waals surface area (Å²) in [4.78, 5) is 1.04. The van der Waals surface area contributed by atoms with Gasteiger partial charge in [-0.3, -0.25) is 0 Å². The highest BCUT2D eigenvalue weighted by molar-refractivity contribution is 7.13. The summed E-state index contributed by atoms with van der Waals surface area (Å²) < 4.78 is 17.8. The van der Waals surface area contributed by atoms with Crippen LogP contribution in [0.1, 0.15) is 11.1 Å². The highest BCUT2D eigenvalue weighted by Gasteiger charge is 2.41. The molecule has 1 aliphatic heterocycles. The fourth-order valence-electron chi connectivity index (χ4n) is 3.31. The van der Waals surface area contributed by atoms with Crippen molar-refractivity contribution in [2.75, 3.05) is 13.2 Å². The molecule has 1 fully saturated rings. The molecule has 26 heavy (non-hydrogen) atoms. The lowest BCUT2D eigenvalue weighted by Crippen LogP contribution is -2.28. The molecule has 1 aliphatic rings. The van der Waals surface area contributed by atoms with E-state index in [-0.39, 0.29) is 0 Å². The van der Waals surface area contributed by atoms with Gasteiger partial charge in [0.05, 0.1) is 23.5 Å². The molecule has 1 saturated heterocycles. The Morgan fingerprint density at radius 1 is 0.962 bits per heavy atom. The van der Waals surface area contributed by atoms with Crippen LogP contribution in [0, 0.1) is 0 Å². The van der Waals surface area contributed by atoms with Crippen molar-refractivity contribution < 1.29 is 14.0 Å². The standard InChI is InChI=1S/C20H14ClNO3S/c21-15-6-3-13(4-7-15)20(23-9-10-24-20)14-5-8-17-16(12-14)19(25-22-17)18-2-1-11-26-18/h1-8,11-12H,9-10H2. The van der Waals surface area contributed by atoms with Crippen LogP contribution >= 0.6 is 22.9 Å². The molecular formula is C20H14ClNO3S. The number of fused-ring (bicyclic) bond motifs is 1. The highest BCUT2D eigenvalue weighted by atomic mass is 35.5. The van der Waals surface area contributed by atoms with Gasteiger partial charge in [-0.15, -0.1) is 11.3 Å². The van der Waals surface area contributed by atoms with Crippen LogP contribution in [0.2, 0.25) is 5.02 Å². The van der Waals surface area contributed by atoms with Crippen molar-refractivity contribution in [2.45, 2.75) is 5.79 Å². The van der Waals surface area contributed by atoms with Crippen LogP contribution in [-0.4, -0.2) is 18.4 Å². The summed E-state index contributed by atoms with van der Waals surface area (Å²) in [6.07, 6.45) is 0. The van der Waals surface area contributed by atoms with Gasteiger partial charge in [0.2, 0.25) is 5.79 Å². The molecule has 0 spiro atoms. The first-order chi connectivity index (χ1) is 12.8. The number of aromatic nitrogens is 1. The maximum Gasteiger partial charge on any atom is 0.222 e. The van der Waals surface area contributed by atoms with Gasteiger partial charge in [-0.1, -0.05) is 41.0 Å². The average molecular weight is 384 g/mol. The van der Waals surface area contributed by atoms with Crippen molar-refractivity contribution >= 4 is 33.8 Å². The summed E-state index contributed by atoms with van der Waals surface area (Å²) >= 11 is 7.67. The smallest absolute Gasteiger partial charge is 0.222 e. The Morgan fingerprint density at radius 2 is 1.73 bits per heavy atom. The Balaban J connectivity index is 1.69. The summed E-state index contributed by atoms with van der Waals surface area (Å²) in [7, 11) is 0. The molecule has 0 atom stereocenters. The van der Waals surface area contributed by atoms with E-state index in [0.717, 1.165) is 32.7 Å². The molecule has 5 rings (SSSR count).